The number of guanidine groups is 1. The quantitative estimate of drug-likeness (QED) is 0.312. The molecule has 1 fully saturated rings. The van der Waals surface area contributed by atoms with Crippen LogP contribution in [0.25, 0.3) is 0 Å². The third-order valence-corrected chi connectivity index (χ3v) is 4.48. The van der Waals surface area contributed by atoms with Crippen LogP contribution < -0.4 is 10.6 Å². The summed E-state index contributed by atoms with van der Waals surface area (Å²) in [5.74, 6) is 1.27. The van der Waals surface area contributed by atoms with E-state index in [-0.39, 0.29) is 5.69 Å². The SMILES string of the molecule is CC(C)CNC(=NCc1ccc([N+](=O)[O-])cc1)NCC(C)N1CCOCC1. The second-order valence-electron chi connectivity index (χ2n) is 7.24. The molecule has 2 rings (SSSR count). The van der Waals surface area contributed by atoms with Crippen LogP contribution in [0, 0.1) is 16.0 Å². The van der Waals surface area contributed by atoms with Gasteiger partial charge in [-0.1, -0.05) is 26.0 Å². The van der Waals surface area contributed by atoms with Crippen LogP contribution >= 0.6 is 0 Å². The van der Waals surface area contributed by atoms with Crippen LogP contribution in [-0.4, -0.2) is 61.2 Å². The van der Waals surface area contributed by atoms with Crippen molar-refractivity contribution < 1.29 is 9.66 Å². The number of nitrogens with zero attached hydrogens (tertiary/aromatic N) is 3. The third kappa shape index (κ3) is 7.52. The predicted molar refractivity (Wildman–Crippen MR) is 107 cm³/mol. The van der Waals surface area contributed by atoms with Crippen molar-refractivity contribution in [3.05, 3.63) is 39.9 Å². The smallest absolute Gasteiger partial charge is 0.269 e. The molecule has 150 valence electrons. The van der Waals surface area contributed by atoms with Crippen molar-refractivity contribution in [2.75, 3.05) is 39.4 Å². The van der Waals surface area contributed by atoms with Crippen molar-refractivity contribution in [2.24, 2.45) is 10.9 Å². The lowest BCUT2D eigenvalue weighted by molar-refractivity contribution is -0.384. The fourth-order valence-electron chi connectivity index (χ4n) is 2.76. The lowest BCUT2D eigenvalue weighted by atomic mass is 10.2. The third-order valence-electron chi connectivity index (χ3n) is 4.48. The van der Waals surface area contributed by atoms with E-state index in [4.69, 9.17) is 4.74 Å². The van der Waals surface area contributed by atoms with Crippen molar-refractivity contribution in [1.82, 2.24) is 15.5 Å². The average Bonchev–Trinajstić information content (AvgIpc) is 2.68. The zero-order chi connectivity index (χ0) is 19.6. The molecule has 0 saturated carbocycles. The van der Waals surface area contributed by atoms with Gasteiger partial charge >= 0.3 is 0 Å². The number of nitro benzene ring substituents is 1. The fourth-order valence-corrected chi connectivity index (χ4v) is 2.76. The summed E-state index contributed by atoms with van der Waals surface area (Å²) in [4.78, 5) is 17.4. The van der Waals surface area contributed by atoms with Crippen molar-refractivity contribution in [3.63, 3.8) is 0 Å². The Balaban J connectivity index is 1.92. The topological polar surface area (TPSA) is 92.0 Å². The number of aliphatic imine (C=N–C) groups is 1. The molecule has 8 nitrogen and oxygen atoms in total. The number of hydrogen-bond donors (Lipinski definition) is 2. The molecule has 8 heteroatoms. The Morgan fingerprint density at radius 2 is 1.81 bits per heavy atom. The zero-order valence-electron chi connectivity index (χ0n) is 16.5. The maximum atomic E-state index is 10.8. The molecule has 1 atom stereocenters. The lowest BCUT2D eigenvalue weighted by Gasteiger charge is -2.32. The largest absolute Gasteiger partial charge is 0.379 e. The normalized spacial score (nSPS) is 17.0. The summed E-state index contributed by atoms with van der Waals surface area (Å²) in [7, 11) is 0. The highest BCUT2D eigenvalue weighted by atomic mass is 16.6. The highest BCUT2D eigenvalue weighted by molar-refractivity contribution is 5.79. The van der Waals surface area contributed by atoms with Crippen LogP contribution in [0.2, 0.25) is 0 Å². The zero-order valence-corrected chi connectivity index (χ0v) is 16.5. The van der Waals surface area contributed by atoms with E-state index in [9.17, 15) is 10.1 Å². The van der Waals surface area contributed by atoms with Crippen LogP contribution in [0.1, 0.15) is 26.3 Å². The van der Waals surface area contributed by atoms with Gasteiger partial charge in [0.15, 0.2) is 5.96 Å². The van der Waals surface area contributed by atoms with E-state index in [1.807, 2.05) is 0 Å². The molecule has 2 N–H and O–H groups in total. The summed E-state index contributed by atoms with van der Waals surface area (Å²) < 4.78 is 5.41. The molecule has 1 unspecified atom stereocenters. The second-order valence-corrected chi connectivity index (χ2v) is 7.24. The van der Waals surface area contributed by atoms with Gasteiger partial charge in [-0.3, -0.25) is 15.0 Å². The highest BCUT2D eigenvalue weighted by Crippen LogP contribution is 2.12. The minimum Gasteiger partial charge on any atom is -0.379 e. The van der Waals surface area contributed by atoms with E-state index in [0.717, 1.165) is 50.9 Å². The van der Waals surface area contributed by atoms with Crippen molar-refractivity contribution in [1.29, 1.82) is 0 Å². The molecule has 0 amide bonds. The van der Waals surface area contributed by atoms with Gasteiger partial charge in [-0.05, 0) is 18.4 Å². The van der Waals surface area contributed by atoms with Gasteiger partial charge in [0, 0.05) is 44.4 Å². The summed E-state index contributed by atoms with van der Waals surface area (Å²) >= 11 is 0. The van der Waals surface area contributed by atoms with Gasteiger partial charge in [0.05, 0.1) is 24.7 Å². The Hall–Kier alpha value is -2.19. The second kappa shape index (κ2) is 10.8. The first-order chi connectivity index (χ1) is 13.0. The van der Waals surface area contributed by atoms with E-state index < -0.39 is 4.92 Å². The first-order valence-corrected chi connectivity index (χ1v) is 9.53. The van der Waals surface area contributed by atoms with Crippen LogP contribution in [0.15, 0.2) is 29.3 Å². The highest BCUT2D eigenvalue weighted by Gasteiger charge is 2.17. The molecule has 0 bridgehead atoms. The average molecular weight is 377 g/mol. The molecule has 1 aliphatic rings. The summed E-state index contributed by atoms with van der Waals surface area (Å²) in [5, 5.41) is 17.5. The Kier molecular flexibility index (Phi) is 8.47. The maximum absolute atomic E-state index is 10.8. The molecule has 0 radical (unpaired) electrons. The molecule has 27 heavy (non-hydrogen) atoms. The first kappa shape index (κ1) is 21.1. The molecule has 0 aliphatic carbocycles. The van der Waals surface area contributed by atoms with E-state index in [1.165, 1.54) is 12.1 Å². The Morgan fingerprint density at radius 1 is 1.19 bits per heavy atom. The van der Waals surface area contributed by atoms with E-state index >= 15 is 0 Å². The number of non-ortho nitro benzene ring substituents is 1. The molecule has 1 saturated heterocycles. The van der Waals surface area contributed by atoms with Gasteiger partial charge in [0.25, 0.3) is 5.69 Å². The van der Waals surface area contributed by atoms with E-state index in [2.05, 4.69) is 41.3 Å². The summed E-state index contributed by atoms with van der Waals surface area (Å²) in [6.07, 6.45) is 0. The number of rotatable bonds is 8. The molecule has 0 spiro atoms. The predicted octanol–water partition coefficient (Wildman–Crippen LogP) is 2.01. The Morgan fingerprint density at radius 3 is 2.41 bits per heavy atom. The van der Waals surface area contributed by atoms with Crippen molar-refractivity contribution in [3.8, 4) is 0 Å². The molecular weight excluding hydrogens is 346 g/mol. The van der Waals surface area contributed by atoms with Crippen LogP contribution in [0.5, 0.6) is 0 Å². The Labute approximate surface area is 161 Å². The van der Waals surface area contributed by atoms with Crippen molar-refractivity contribution in [2.45, 2.75) is 33.4 Å². The number of hydrogen-bond acceptors (Lipinski definition) is 5. The number of benzene rings is 1. The standard InChI is InChI=1S/C19H31N5O3/c1-15(2)12-20-19(21-13-16(3)23-8-10-27-11-9-23)22-14-17-4-6-18(7-5-17)24(25)26/h4-7,15-16H,8-14H2,1-3H3,(H2,20,21,22). The molecule has 1 aliphatic heterocycles. The first-order valence-electron chi connectivity index (χ1n) is 9.53. The Bertz CT molecular complexity index is 612. The molecule has 1 aromatic carbocycles. The molecular formula is C19H31N5O3. The van der Waals surface area contributed by atoms with E-state index in [0.29, 0.717) is 18.5 Å². The fraction of sp³-hybridized carbons (Fsp3) is 0.632. The number of nitrogens with one attached hydrogen (secondary N) is 2. The molecule has 1 aromatic rings. The van der Waals surface area contributed by atoms with Gasteiger partial charge in [-0.25, -0.2) is 4.99 Å². The summed E-state index contributed by atoms with van der Waals surface area (Å²) in [6, 6.07) is 6.91. The van der Waals surface area contributed by atoms with E-state index in [1.54, 1.807) is 12.1 Å². The molecule has 0 aromatic heterocycles. The monoisotopic (exact) mass is 377 g/mol. The number of morpholine rings is 1. The van der Waals surface area contributed by atoms with Gasteiger partial charge in [-0.15, -0.1) is 0 Å². The van der Waals surface area contributed by atoms with Gasteiger partial charge in [-0.2, -0.15) is 0 Å². The van der Waals surface area contributed by atoms with Gasteiger partial charge in [0.2, 0.25) is 0 Å². The summed E-state index contributed by atoms with van der Waals surface area (Å²) in [6.45, 7) is 12.1. The van der Waals surface area contributed by atoms with Crippen LogP contribution in [0.3, 0.4) is 0 Å². The maximum Gasteiger partial charge on any atom is 0.269 e. The van der Waals surface area contributed by atoms with Gasteiger partial charge < -0.3 is 15.4 Å². The molecule has 1 heterocycles. The van der Waals surface area contributed by atoms with Crippen molar-refractivity contribution >= 4 is 11.6 Å². The lowest BCUT2D eigenvalue weighted by Crippen LogP contribution is -2.49. The van der Waals surface area contributed by atoms with Crippen LogP contribution in [0.4, 0.5) is 5.69 Å². The van der Waals surface area contributed by atoms with Crippen LogP contribution in [-0.2, 0) is 11.3 Å². The van der Waals surface area contributed by atoms with Gasteiger partial charge in [0.1, 0.15) is 0 Å². The number of ether oxygens (including phenoxy) is 1. The number of nitro groups is 1. The minimum absolute atomic E-state index is 0.0957. The summed E-state index contributed by atoms with van der Waals surface area (Å²) in [5.41, 5.74) is 1.03. The minimum atomic E-state index is -0.392.